The molecule has 0 aliphatic heterocycles. The molecule has 1 amide bonds. The molecule has 0 heterocycles. The van der Waals surface area contributed by atoms with Gasteiger partial charge in [0.1, 0.15) is 0 Å². The van der Waals surface area contributed by atoms with Crippen molar-refractivity contribution < 1.29 is 9.53 Å². The number of hydrogen-bond acceptors (Lipinski definition) is 3. The number of carbonyl (C=O) groups excluding carboxylic acids is 1. The number of nitrogens with one attached hydrogen (secondary N) is 1. The summed E-state index contributed by atoms with van der Waals surface area (Å²) < 4.78 is 5.55. The van der Waals surface area contributed by atoms with Gasteiger partial charge in [-0.3, -0.25) is 4.79 Å². The Morgan fingerprint density at radius 2 is 2.11 bits per heavy atom. The van der Waals surface area contributed by atoms with Crippen LogP contribution in [-0.2, 0) is 4.74 Å². The second-order valence-corrected chi connectivity index (χ2v) is 6.01. The minimum absolute atomic E-state index is 0.0801. The van der Waals surface area contributed by atoms with Crippen LogP contribution in [0.2, 0.25) is 0 Å². The van der Waals surface area contributed by atoms with Gasteiger partial charge in [0.2, 0.25) is 0 Å². The highest BCUT2D eigenvalue weighted by atomic mass is 16.5. The van der Waals surface area contributed by atoms with E-state index in [1.165, 1.54) is 0 Å². The molecule has 0 radical (unpaired) electrons. The monoisotopic (exact) mass is 262 g/mol. The lowest BCUT2D eigenvalue weighted by Gasteiger charge is -2.59. The van der Waals surface area contributed by atoms with Crippen LogP contribution in [0.3, 0.4) is 0 Å². The molecule has 1 aromatic carbocycles. The minimum Gasteiger partial charge on any atom is -0.399 e. The Balaban J connectivity index is 2.06. The Morgan fingerprint density at radius 1 is 1.42 bits per heavy atom. The second kappa shape index (κ2) is 4.53. The molecule has 1 fully saturated rings. The Bertz CT molecular complexity index is 499. The standard InChI is InChI=1S/C15H22N2O2/c1-14(2)12(9-15(14,3)19-4)17-13(18)10-6-5-7-11(16)8-10/h5-8,12H,9,16H2,1-4H3,(H,17,18). The van der Waals surface area contributed by atoms with E-state index in [4.69, 9.17) is 10.5 Å². The molecular formula is C15H22N2O2. The van der Waals surface area contributed by atoms with Crippen LogP contribution in [0.25, 0.3) is 0 Å². The number of hydrogen-bond donors (Lipinski definition) is 2. The third-order valence-electron chi connectivity index (χ3n) is 4.73. The lowest BCUT2D eigenvalue weighted by molar-refractivity contribution is -0.177. The number of nitrogen functional groups attached to an aromatic ring is 1. The Hall–Kier alpha value is -1.55. The van der Waals surface area contributed by atoms with Crippen molar-refractivity contribution in [3.63, 3.8) is 0 Å². The Morgan fingerprint density at radius 3 is 2.63 bits per heavy atom. The molecule has 4 nitrogen and oxygen atoms in total. The maximum atomic E-state index is 12.2. The summed E-state index contributed by atoms with van der Waals surface area (Å²) in [6, 6.07) is 7.14. The summed E-state index contributed by atoms with van der Waals surface area (Å²) in [5.74, 6) is -0.0801. The fourth-order valence-corrected chi connectivity index (χ4v) is 2.64. The Labute approximate surface area is 114 Å². The summed E-state index contributed by atoms with van der Waals surface area (Å²) in [5, 5.41) is 3.07. The van der Waals surface area contributed by atoms with Crippen molar-refractivity contribution in [1.82, 2.24) is 5.32 Å². The van der Waals surface area contributed by atoms with Crippen molar-refractivity contribution >= 4 is 11.6 Å². The third-order valence-corrected chi connectivity index (χ3v) is 4.73. The van der Waals surface area contributed by atoms with Crippen LogP contribution in [-0.4, -0.2) is 24.7 Å². The van der Waals surface area contributed by atoms with Gasteiger partial charge in [-0.2, -0.15) is 0 Å². The zero-order chi connectivity index (χ0) is 14.3. The van der Waals surface area contributed by atoms with Crippen LogP contribution in [0.5, 0.6) is 0 Å². The summed E-state index contributed by atoms with van der Waals surface area (Å²) in [5.41, 5.74) is 6.62. The topological polar surface area (TPSA) is 64.3 Å². The summed E-state index contributed by atoms with van der Waals surface area (Å²) in [7, 11) is 1.72. The first kappa shape index (κ1) is 13.9. The average Bonchev–Trinajstić information content (AvgIpc) is 2.37. The molecule has 1 aliphatic rings. The van der Waals surface area contributed by atoms with Gasteiger partial charge in [-0.1, -0.05) is 19.9 Å². The van der Waals surface area contributed by atoms with Gasteiger partial charge in [0.25, 0.3) is 5.91 Å². The molecule has 2 rings (SSSR count). The van der Waals surface area contributed by atoms with Crippen molar-refractivity contribution in [2.45, 2.75) is 38.8 Å². The number of rotatable bonds is 3. The average molecular weight is 262 g/mol. The summed E-state index contributed by atoms with van der Waals surface area (Å²) >= 11 is 0. The van der Waals surface area contributed by atoms with Gasteiger partial charge in [-0.25, -0.2) is 0 Å². The Kier molecular flexibility index (Phi) is 3.31. The molecule has 0 bridgehead atoms. The zero-order valence-corrected chi connectivity index (χ0v) is 12.0. The van der Waals surface area contributed by atoms with E-state index in [1.807, 2.05) is 0 Å². The van der Waals surface area contributed by atoms with Gasteiger partial charge < -0.3 is 15.8 Å². The van der Waals surface area contributed by atoms with E-state index in [2.05, 4.69) is 26.1 Å². The van der Waals surface area contributed by atoms with E-state index in [1.54, 1.807) is 31.4 Å². The van der Waals surface area contributed by atoms with Crippen LogP contribution in [0.1, 0.15) is 37.6 Å². The van der Waals surface area contributed by atoms with Crippen molar-refractivity contribution in [2.24, 2.45) is 5.41 Å². The first-order chi connectivity index (χ1) is 8.80. The number of methoxy groups -OCH3 is 1. The molecule has 104 valence electrons. The van der Waals surface area contributed by atoms with E-state index in [9.17, 15) is 4.79 Å². The van der Waals surface area contributed by atoms with Crippen molar-refractivity contribution in [3.05, 3.63) is 29.8 Å². The van der Waals surface area contributed by atoms with E-state index in [0.29, 0.717) is 11.3 Å². The van der Waals surface area contributed by atoms with Crippen molar-refractivity contribution in [3.8, 4) is 0 Å². The number of anilines is 1. The van der Waals surface area contributed by atoms with Crippen LogP contribution in [0.15, 0.2) is 24.3 Å². The lowest BCUT2D eigenvalue weighted by atomic mass is 9.56. The molecule has 4 heteroatoms. The van der Waals surface area contributed by atoms with Gasteiger partial charge in [0.05, 0.1) is 5.60 Å². The number of benzene rings is 1. The van der Waals surface area contributed by atoms with Gasteiger partial charge >= 0.3 is 0 Å². The molecule has 0 aromatic heterocycles. The smallest absolute Gasteiger partial charge is 0.251 e. The van der Waals surface area contributed by atoms with E-state index < -0.39 is 0 Å². The van der Waals surface area contributed by atoms with E-state index in [-0.39, 0.29) is 23.0 Å². The largest absolute Gasteiger partial charge is 0.399 e. The first-order valence-corrected chi connectivity index (χ1v) is 6.52. The van der Waals surface area contributed by atoms with Crippen LogP contribution in [0, 0.1) is 5.41 Å². The highest BCUT2D eigenvalue weighted by Crippen LogP contribution is 2.51. The summed E-state index contributed by atoms with van der Waals surface area (Å²) in [6.45, 7) is 6.31. The molecule has 1 aromatic rings. The predicted octanol–water partition coefficient (Wildman–Crippen LogP) is 2.20. The van der Waals surface area contributed by atoms with Gasteiger partial charge in [-0.05, 0) is 31.5 Å². The molecular weight excluding hydrogens is 240 g/mol. The molecule has 2 atom stereocenters. The fraction of sp³-hybridized carbons (Fsp3) is 0.533. The molecule has 1 saturated carbocycles. The van der Waals surface area contributed by atoms with E-state index in [0.717, 1.165) is 6.42 Å². The first-order valence-electron chi connectivity index (χ1n) is 6.52. The highest BCUT2D eigenvalue weighted by molar-refractivity contribution is 5.95. The van der Waals surface area contributed by atoms with Gasteiger partial charge in [0, 0.05) is 29.8 Å². The lowest BCUT2D eigenvalue weighted by Crippen LogP contribution is -2.68. The number of carbonyl (C=O) groups is 1. The predicted molar refractivity (Wildman–Crippen MR) is 75.9 cm³/mol. The second-order valence-electron chi connectivity index (χ2n) is 6.01. The van der Waals surface area contributed by atoms with Crippen LogP contribution >= 0.6 is 0 Å². The maximum Gasteiger partial charge on any atom is 0.251 e. The molecule has 19 heavy (non-hydrogen) atoms. The fourth-order valence-electron chi connectivity index (χ4n) is 2.64. The molecule has 0 spiro atoms. The number of ether oxygens (including phenoxy) is 1. The third kappa shape index (κ3) is 2.21. The summed E-state index contributed by atoms with van der Waals surface area (Å²) in [4.78, 5) is 12.2. The quantitative estimate of drug-likeness (QED) is 0.821. The van der Waals surface area contributed by atoms with Gasteiger partial charge in [0.15, 0.2) is 0 Å². The van der Waals surface area contributed by atoms with Crippen LogP contribution in [0.4, 0.5) is 5.69 Å². The molecule has 0 saturated heterocycles. The normalized spacial score (nSPS) is 28.5. The van der Waals surface area contributed by atoms with Crippen LogP contribution < -0.4 is 11.1 Å². The van der Waals surface area contributed by atoms with Crippen molar-refractivity contribution in [1.29, 1.82) is 0 Å². The summed E-state index contributed by atoms with van der Waals surface area (Å²) in [6.07, 6.45) is 0.824. The SMILES string of the molecule is COC1(C)CC(NC(=O)c2cccc(N)c2)C1(C)C. The maximum absolute atomic E-state index is 12.2. The number of nitrogens with two attached hydrogens (primary N) is 1. The zero-order valence-electron chi connectivity index (χ0n) is 12.0. The van der Waals surface area contributed by atoms with Gasteiger partial charge in [-0.15, -0.1) is 0 Å². The molecule has 2 unspecified atom stereocenters. The van der Waals surface area contributed by atoms with Crippen molar-refractivity contribution in [2.75, 3.05) is 12.8 Å². The number of amides is 1. The molecule has 3 N–H and O–H groups in total. The van der Waals surface area contributed by atoms with E-state index >= 15 is 0 Å². The molecule has 1 aliphatic carbocycles. The minimum atomic E-state index is -0.180. The highest BCUT2D eigenvalue weighted by Gasteiger charge is 2.58.